The van der Waals surface area contributed by atoms with Crippen molar-refractivity contribution in [2.75, 3.05) is 32.8 Å². The van der Waals surface area contributed by atoms with Gasteiger partial charge in [-0.25, -0.2) is 0 Å². The number of hydrogen-bond acceptors (Lipinski definition) is 4. The number of carboxylic acid groups (broad SMARTS) is 1. The van der Waals surface area contributed by atoms with Crippen LogP contribution in [0.15, 0.2) is 0 Å². The third-order valence-corrected chi connectivity index (χ3v) is 4.40. The molecule has 0 aromatic carbocycles. The molecule has 2 atom stereocenters. The molecule has 0 aliphatic carbocycles. The molecule has 1 N–H and O–H groups in total. The number of carbonyl (C=O) groups is 2. The Morgan fingerprint density at radius 1 is 1.29 bits per heavy atom. The van der Waals surface area contributed by atoms with Crippen molar-refractivity contribution >= 4 is 11.9 Å². The van der Waals surface area contributed by atoms with Crippen LogP contribution in [0, 0.1) is 0 Å². The molecule has 2 rings (SSSR count). The fourth-order valence-electron chi connectivity index (χ4n) is 3.28. The van der Waals surface area contributed by atoms with Crippen molar-refractivity contribution in [3.8, 4) is 0 Å². The summed E-state index contributed by atoms with van der Waals surface area (Å²) in [6.07, 6.45) is 4.12. The largest absolute Gasteiger partial charge is 0.481 e. The summed E-state index contributed by atoms with van der Waals surface area (Å²) in [5, 5.41) is 8.83. The lowest BCUT2D eigenvalue weighted by molar-refractivity contribution is -0.143. The van der Waals surface area contributed by atoms with Crippen molar-refractivity contribution in [3.63, 3.8) is 0 Å². The Morgan fingerprint density at radius 3 is 2.81 bits per heavy atom. The highest BCUT2D eigenvalue weighted by molar-refractivity contribution is 5.78. The number of carbonyl (C=O) groups excluding carboxylic acids is 1. The predicted molar refractivity (Wildman–Crippen MR) is 78.1 cm³/mol. The second-order valence-electron chi connectivity index (χ2n) is 5.97. The Hall–Kier alpha value is -1.14. The lowest BCUT2D eigenvalue weighted by Gasteiger charge is -2.38. The molecule has 2 fully saturated rings. The summed E-state index contributed by atoms with van der Waals surface area (Å²) in [4.78, 5) is 27.3. The fourth-order valence-corrected chi connectivity index (χ4v) is 3.28. The Kier molecular flexibility index (Phi) is 5.99. The molecule has 6 heteroatoms. The lowest BCUT2D eigenvalue weighted by Crippen LogP contribution is -2.51. The average Bonchev–Trinajstić information content (AvgIpc) is 2.46. The quantitative estimate of drug-likeness (QED) is 0.818. The first-order valence-corrected chi connectivity index (χ1v) is 7.95. The molecule has 0 saturated carbocycles. The van der Waals surface area contributed by atoms with E-state index in [-0.39, 0.29) is 18.4 Å². The van der Waals surface area contributed by atoms with Crippen LogP contribution >= 0.6 is 0 Å². The molecule has 6 nitrogen and oxygen atoms in total. The van der Waals surface area contributed by atoms with E-state index in [2.05, 4.69) is 6.92 Å². The van der Waals surface area contributed by atoms with Gasteiger partial charge in [-0.1, -0.05) is 6.92 Å². The van der Waals surface area contributed by atoms with E-state index < -0.39 is 5.97 Å². The fraction of sp³-hybridized carbons (Fsp3) is 0.867. The van der Waals surface area contributed by atoms with E-state index in [1.807, 2.05) is 9.80 Å². The summed E-state index contributed by atoms with van der Waals surface area (Å²) in [5.41, 5.74) is 0. The van der Waals surface area contributed by atoms with Crippen LogP contribution in [0.1, 0.15) is 39.0 Å². The molecule has 2 aliphatic rings. The summed E-state index contributed by atoms with van der Waals surface area (Å²) in [6.45, 7) is 5.11. The van der Waals surface area contributed by atoms with Crippen molar-refractivity contribution in [2.45, 2.75) is 51.2 Å². The SMILES string of the molecule is CCC1CCCCN1C(=O)CN1CCOC(CC(=O)O)C1. The molecule has 120 valence electrons. The van der Waals surface area contributed by atoms with Gasteiger partial charge in [0, 0.05) is 25.7 Å². The van der Waals surface area contributed by atoms with Crippen LogP contribution in [-0.4, -0.2) is 71.7 Å². The van der Waals surface area contributed by atoms with E-state index in [4.69, 9.17) is 9.84 Å². The molecule has 0 aromatic rings. The van der Waals surface area contributed by atoms with Gasteiger partial charge in [-0.15, -0.1) is 0 Å². The Bertz CT molecular complexity index is 375. The molecule has 2 saturated heterocycles. The summed E-state index contributed by atoms with van der Waals surface area (Å²) >= 11 is 0. The third kappa shape index (κ3) is 4.68. The Labute approximate surface area is 126 Å². The van der Waals surface area contributed by atoms with E-state index in [0.717, 1.165) is 25.8 Å². The van der Waals surface area contributed by atoms with Gasteiger partial charge in [-0.2, -0.15) is 0 Å². The number of rotatable bonds is 5. The number of carboxylic acids is 1. The van der Waals surface area contributed by atoms with Gasteiger partial charge in [-0.3, -0.25) is 14.5 Å². The Balaban J connectivity index is 1.85. The van der Waals surface area contributed by atoms with E-state index in [1.165, 1.54) is 6.42 Å². The number of hydrogen-bond donors (Lipinski definition) is 1. The maximum atomic E-state index is 12.5. The molecule has 1 amide bonds. The third-order valence-electron chi connectivity index (χ3n) is 4.40. The predicted octanol–water partition coefficient (Wildman–Crippen LogP) is 0.953. The lowest BCUT2D eigenvalue weighted by atomic mass is 10.00. The zero-order valence-electron chi connectivity index (χ0n) is 12.8. The van der Waals surface area contributed by atoms with Crippen LogP contribution < -0.4 is 0 Å². The number of amides is 1. The average molecular weight is 298 g/mol. The summed E-state index contributed by atoms with van der Waals surface area (Å²) in [7, 11) is 0. The minimum absolute atomic E-state index is 0.00594. The van der Waals surface area contributed by atoms with E-state index in [0.29, 0.717) is 32.3 Å². The summed E-state index contributed by atoms with van der Waals surface area (Å²) in [6, 6.07) is 0.377. The van der Waals surface area contributed by atoms with Crippen LogP contribution in [0.5, 0.6) is 0 Å². The van der Waals surface area contributed by atoms with E-state index in [1.54, 1.807) is 0 Å². The van der Waals surface area contributed by atoms with Gasteiger partial charge in [0.15, 0.2) is 0 Å². The molecule has 2 unspecified atom stereocenters. The summed E-state index contributed by atoms with van der Waals surface area (Å²) < 4.78 is 5.44. The molecule has 21 heavy (non-hydrogen) atoms. The number of morpholine rings is 1. The number of nitrogens with zero attached hydrogens (tertiary/aromatic N) is 2. The highest BCUT2D eigenvalue weighted by Gasteiger charge is 2.29. The van der Waals surface area contributed by atoms with Crippen LogP contribution in [-0.2, 0) is 14.3 Å². The first-order valence-electron chi connectivity index (χ1n) is 7.95. The van der Waals surface area contributed by atoms with Crippen LogP contribution in [0.2, 0.25) is 0 Å². The highest BCUT2D eigenvalue weighted by Crippen LogP contribution is 2.20. The zero-order valence-corrected chi connectivity index (χ0v) is 12.8. The zero-order chi connectivity index (χ0) is 15.2. The van der Waals surface area contributed by atoms with Gasteiger partial charge in [0.2, 0.25) is 5.91 Å². The topological polar surface area (TPSA) is 70.1 Å². The van der Waals surface area contributed by atoms with Gasteiger partial charge in [0.1, 0.15) is 0 Å². The van der Waals surface area contributed by atoms with Crippen molar-refractivity contribution in [1.29, 1.82) is 0 Å². The van der Waals surface area contributed by atoms with Gasteiger partial charge in [-0.05, 0) is 25.7 Å². The van der Waals surface area contributed by atoms with Crippen LogP contribution in [0.4, 0.5) is 0 Å². The standard InChI is InChI=1S/C15H26N2O4/c1-2-12-5-3-4-6-17(12)14(18)11-16-7-8-21-13(10-16)9-15(19)20/h12-13H,2-11H2,1H3,(H,19,20). The number of piperidine rings is 1. The van der Waals surface area contributed by atoms with Crippen molar-refractivity contribution in [2.24, 2.45) is 0 Å². The molecule has 2 aliphatic heterocycles. The maximum absolute atomic E-state index is 12.5. The number of likely N-dealkylation sites (tertiary alicyclic amines) is 1. The first kappa shape index (κ1) is 16.2. The molecule has 0 radical (unpaired) electrons. The first-order chi connectivity index (χ1) is 10.1. The molecular formula is C15H26N2O4. The van der Waals surface area contributed by atoms with E-state index in [9.17, 15) is 9.59 Å². The second-order valence-corrected chi connectivity index (χ2v) is 5.97. The minimum Gasteiger partial charge on any atom is -0.481 e. The van der Waals surface area contributed by atoms with E-state index >= 15 is 0 Å². The second kappa shape index (κ2) is 7.75. The van der Waals surface area contributed by atoms with Gasteiger partial charge < -0.3 is 14.7 Å². The van der Waals surface area contributed by atoms with Crippen LogP contribution in [0.3, 0.4) is 0 Å². The van der Waals surface area contributed by atoms with Gasteiger partial charge in [0.25, 0.3) is 0 Å². The Morgan fingerprint density at radius 2 is 2.10 bits per heavy atom. The van der Waals surface area contributed by atoms with Gasteiger partial charge in [0.05, 0.1) is 25.7 Å². The molecule has 2 heterocycles. The van der Waals surface area contributed by atoms with Crippen molar-refractivity contribution < 1.29 is 19.4 Å². The van der Waals surface area contributed by atoms with Gasteiger partial charge >= 0.3 is 5.97 Å². The monoisotopic (exact) mass is 298 g/mol. The minimum atomic E-state index is -0.852. The highest BCUT2D eigenvalue weighted by atomic mass is 16.5. The normalized spacial score (nSPS) is 27.6. The number of aliphatic carboxylic acids is 1. The molecule has 0 aromatic heterocycles. The molecular weight excluding hydrogens is 272 g/mol. The maximum Gasteiger partial charge on any atom is 0.306 e. The van der Waals surface area contributed by atoms with Crippen molar-refractivity contribution in [3.05, 3.63) is 0 Å². The van der Waals surface area contributed by atoms with Crippen molar-refractivity contribution in [1.82, 2.24) is 9.80 Å². The molecule has 0 spiro atoms. The number of ether oxygens (including phenoxy) is 1. The molecule has 0 bridgehead atoms. The smallest absolute Gasteiger partial charge is 0.306 e. The summed E-state index contributed by atoms with van der Waals surface area (Å²) in [5.74, 6) is -0.673. The van der Waals surface area contributed by atoms with Crippen LogP contribution in [0.25, 0.3) is 0 Å².